The van der Waals surface area contributed by atoms with E-state index in [9.17, 15) is 31.2 Å². The molecule has 1 aromatic heterocycles. The van der Waals surface area contributed by atoms with Crippen LogP contribution in [0.15, 0.2) is 29.3 Å². The lowest BCUT2D eigenvalue weighted by Crippen LogP contribution is -2.44. The third kappa shape index (κ3) is 6.87. The second kappa shape index (κ2) is 11.5. The highest BCUT2D eigenvalue weighted by Crippen LogP contribution is 2.41. The molecule has 0 fully saturated rings. The molecule has 0 saturated carbocycles. The van der Waals surface area contributed by atoms with Gasteiger partial charge >= 0.3 is 18.2 Å². The molecule has 216 valence electrons. The monoisotopic (exact) mass is 596 g/mol. The van der Waals surface area contributed by atoms with Gasteiger partial charge in [-0.25, -0.2) is 13.2 Å². The summed E-state index contributed by atoms with van der Waals surface area (Å²) in [5.74, 6) is -0.388. The van der Waals surface area contributed by atoms with Gasteiger partial charge < -0.3 is 14.2 Å². The van der Waals surface area contributed by atoms with Gasteiger partial charge in [-0.3, -0.25) is 19.1 Å². The number of sulfonamides is 1. The number of amides is 1. The number of hydrogen-bond acceptors (Lipinski definition) is 8. The Kier molecular flexibility index (Phi) is 8.95. The Morgan fingerprint density at radius 1 is 1.26 bits per heavy atom. The van der Waals surface area contributed by atoms with Crippen molar-refractivity contribution < 1.29 is 45.4 Å². The van der Waals surface area contributed by atoms with E-state index in [2.05, 4.69) is 15.2 Å². The Labute approximate surface area is 228 Å². The third-order valence-electron chi connectivity index (χ3n) is 5.72. The number of hydrogen-bond donors (Lipinski definition) is 1. The zero-order valence-corrected chi connectivity index (χ0v) is 23.1. The van der Waals surface area contributed by atoms with E-state index in [1.54, 1.807) is 13.8 Å². The van der Waals surface area contributed by atoms with Crippen LogP contribution in [0.3, 0.4) is 0 Å². The first-order chi connectivity index (χ1) is 18.1. The molecule has 39 heavy (non-hydrogen) atoms. The van der Waals surface area contributed by atoms with Crippen LogP contribution in [-0.4, -0.2) is 61.3 Å². The average Bonchev–Trinajstić information content (AvgIpc) is 3.23. The van der Waals surface area contributed by atoms with Crippen molar-refractivity contribution in [3.05, 3.63) is 29.5 Å². The first kappa shape index (κ1) is 30.3. The van der Waals surface area contributed by atoms with E-state index in [1.807, 2.05) is 0 Å². The van der Waals surface area contributed by atoms with Gasteiger partial charge in [0.15, 0.2) is 5.15 Å². The predicted molar refractivity (Wildman–Crippen MR) is 134 cm³/mol. The van der Waals surface area contributed by atoms with Gasteiger partial charge in [-0.2, -0.15) is 18.3 Å². The van der Waals surface area contributed by atoms with Crippen molar-refractivity contribution in [2.45, 2.75) is 69.9 Å². The summed E-state index contributed by atoms with van der Waals surface area (Å²) in [5.41, 5.74) is -2.84. The highest BCUT2D eigenvalue weighted by atomic mass is 35.5. The smallest absolute Gasteiger partial charge is 0.427 e. The largest absolute Gasteiger partial charge is 0.486 e. The first-order valence-electron chi connectivity index (χ1n) is 11.9. The molecule has 2 heterocycles. The van der Waals surface area contributed by atoms with Crippen LogP contribution in [0, 0.1) is 0 Å². The lowest BCUT2D eigenvalue weighted by molar-refractivity contribution is -0.242. The summed E-state index contributed by atoms with van der Waals surface area (Å²) >= 11 is 6.13. The van der Waals surface area contributed by atoms with Crippen LogP contribution < -0.4 is 14.4 Å². The van der Waals surface area contributed by atoms with E-state index in [0.717, 1.165) is 4.31 Å². The minimum absolute atomic E-state index is 0.0180. The molecule has 0 spiro atoms. The van der Waals surface area contributed by atoms with Gasteiger partial charge in [0.05, 0.1) is 18.8 Å². The van der Waals surface area contributed by atoms with Gasteiger partial charge in [0.25, 0.3) is 10.0 Å². The number of ether oxygens (including phenoxy) is 3. The van der Waals surface area contributed by atoms with Gasteiger partial charge in [0, 0.05) is 24.8 Å². The van der Waals surface area contributed by atoms with Crippen LogP contribution in [0.1, 0.15) is 40.5 Å². The van der Waals surface area contributed by atoms with E-state index >= 15 is 0 Å². The highest BCUT2D eigenvalue weighted by molar-refractivity contribution is 7.93. The number of rotatable bonds is 9. The van der Waals surface area contributed by atoms with Crippen molar-refractivity contribution in [1.29, 1.82) is 0 Å². The molecule has 2 aromatic rings. The number of aryl methyl sites for hydroxylation is 1. The Morgan fingerprint density at radius 3 is 2.54 bits per heavy atom. The fourth-order valence-corrected chi connectivity index (χ4v) is 5.49. The van der Waals surface area contributed by atoms with Crippen LogP contribution in [0.2, 0.25) is 5.15 Å². The second-order valence-electron chi connectivity index (χ2n) is 8.96. The molecule has 1 amide bonds. The predicted octanol–water partition coefficient (Wildman–Crippen LogP) is 4.75. The molecule has 0 radical (unpaired) electrons. The van der Waals surface area contributed by atoms with Crippen molar-refractivity contribution in [3.63, 3.8) is 0 Å². The fraction of sp³-hybridized carbons (Fsp3) is 0.522. The zero-order chi connectivity index (χ0) is 29.2. The van der Waals surface area contributed by atoms with E-state index in [0.29, 0.717) is 20.4 Å². The minimum atomic E-state index is -4.82. The Morgan fingerprint density at radius 2 is 1.95 bits per heavy atom. The fourth-order valence-electron chi connectivity index (χ4n) is 3.55. The number of alkyl halides is 3. The molecule has 0 bridgehead atoms. The van der Waals surface area contributed by atoms with Crippen LogP contribution >= 0.6 is 11.6 Å². The summed E-state index contributed by atoms with van der Waals surface area (Å²) in [4.78, 5) is 23.8. The molecule has 1 aliphatic rings. The molecule has 11 nitrogen and oxygen atoms in total. The summed E-state index contributed by atoms with van der Waals surface area (Å²) in [7, 11) is -4.34. The topological polar surface area (TPSA) is 129 Å². The average molecular weight is 597 g/mol. The van der Waals surface area contributed by atoms with Gasteiger partial charge in [-0.1, -0.05) is 11.6 Å². The Hall–Kier alpha value is -3.20. The summed E-state index contributed by atoms with van der Waals surface area (Å²) in [6.45, 7) is 5.08. The Balaban J connectivity index is 1.95. The molecule has 0 saturated heterocycles. The summed E-state index contributed by atoms with van der Waals surface area (Å²) in [6.07, 6.45) is -5.61. The molecule has 1 aliphatic heterocycles. The minimum Gasteiger partial charge on any atom is -0.486 e. The molecule has 0 aliphatic carbocycles. The van der Waals surface area contributed by atoms with Crippen LogP contribution in [0.5, 0.6) is 5.75 Å². The number of anilines is 2. The molecule has 1 atom stereocenters. The van der Waals surface area contributed by atoms with Crippen molar-refractivity contribution in [3.8, 4) is 5.75 Å². The van der Waals surface area contributed by atoms with Gasteiger partial charge in [-0.15, -0.1) is 0 Å². The number of nitrogens with one attached hydrogen (secondary N) is 1. The maximum Gasteiger partial charge on any atom is 0.427 e. The molecule has 3 rings (SSSR count). The molecule has 16 heteroatoms. The van der Waals surface area contributed by atoms with E-state index in [4.69, 9.17) is 21.1 Å². The van der Waals surface area contributed by atoms with Crippen molar-refractivity contribution in [2.24, 2.45) is 0 Å². The first-order valence-corrected chi connectivity index (χ1v) is 13.7. The zero-order valence-electron chi connectivity index (χ0n) is 21.5. The van der Waals surface area contributed by atoms with E-state index in [-0.39, 0.29) is 53.2 Å². The lowest BCUT2D eigenvalue weighted by atomic mass is 10.1. The molecular weight excluding hydrogens is 569 g/mol. The molecule has 1 aromatic carbocycles. The number of esters is 1. The van der Waals surface area contributed by atoms with E-state index in [1.165, 1.54) is 29.1 Å². The number of benzene rings is 1. The van der Waals surface area contributed by atoms with Gasteiger partial charge in [0.2, 0.25) is 5.60 Å². The summed E-state index contributed by atoms with van der Waals surface area (Å²) in [6, 6.07) is 3.87. The van der Waals surface area contributed by atoms with Crippen LogP contribution in [-0.2, 0) is 30.8 Å². The number of aromatic nitrogens is 2. The lowest BCUT2D eigenvalue weighted by Gasteiger charge is -2.35. The summed E-state index contributed by atoms with van der Waals surface area (Å²) in [5, 5.41) is 5.89. The van der Waals surface area contributed by atoms with Gasteiger partial charge in [0.1, 0.15) is 16.7 Å². The number of halogens is 4. The normalized spacial score (nSPS) is 15.8. The van der Waals surface area contributed by atoms with Crippen molar-refractivity contribution in [2.75, 3.05) is 22.8 Å². The van der Waals surface area contributed by atoms with Crippen molar-refractivity contribution in [1.82, 2.24) is 9.78 Å². The Bertz CT molecular complexity index is 1330. The second-order valence-corrected chi connectivity index (χ2v) is 11.2. The molecule has 1 N–H and O–H groups in total. The molecular formula is C23H28ClF3N4O7S. The summed E-state index contributed by atoms with van der Waals surface area (Å²) < 4.78 is 84.5. The highest BCUT2D eigenvalue weighted by Gasteiger charge is 2.51. The van der Waals surface area contributed by atoms with Crippen LogP contribution in [0.25, 0.3) is 0 Å². The number of fused-ring (bicyclic) bond motifs is 1. The van der Waals surface area contributed by atoms with E-state index < -0.39 is 40.0 Å². The quantitative estimate of drug-likeness (QED) is 0.411. The number of carbonyl (C=O) groups excluding carboxylic acids is 2. The van der Waals surface area contributed by atoms with Crippen molar-refractivity contribution >= 4 is 45.1 Å². The SMILES string of the molecule is CCOC(=O)CC[C@H]1CN(S(=O)(=O)c2cn(CC)nc2Cl)c2cc(NC(=O)OC(C)(C)C(F)(F)F)ccc2O1. The number of nitrogens with zero attached hydrogens (tertiary/aromatic N) is 3. The van der Waals surface area contributed by atoms with Crippen LogP contribution in [0.4, 0.5) is 29.3 Å². The number of carbonyl (C=O) groups is 2. The maximum absolute atomic E-state index is 13.7. The standard InChI is InChI=1S/C23H28ClF3N4O7S/c1-5-30-13-18(20(24)29-30)39(34,35)31-12-15(8-10-19(32)36-6-2)37-17-9-7-14(11-16(17)31)28-21(33)38-22(3,4)23(25,26)27/h7,9,11,13,15H,5-6,8,10,12H2,1-4H3,(H,28,33)/t15-/m0/s1. The molecule has 0 unspecified atom stereocenters. The maximum atomic E-state index is 13.7. The van der Waals surface area contributed by atoms with Gasteiger partial charge in [-0.05, 0) is 52.3 Å². The third-order valence-corrected chi connectivity index (χ3v) is 7.89.